The van der Waals surface area contributed by atoms with Crippen LogP contribution in [0, 0.1) is 19.7 Å². The summed E-state index contributed by atoms with van der Waals surface area (Å²) in [6.45, 7) is 7.18. The van der Waals surface area contributed by atoms with Crippen LogP contribution in [0.1, 0.15) is 94.4 Å². The van der Waals surface area contributed by atoms with Gasteiger partial charge >= 0.3 is 11.4 Å². The summed E-state index contributed by atoms with van der Waals surface area (Å²) >= 11 is 0. The third-order valence-electron chi connectivity index (χ3n) is 11.1. The van der Waals surface area contributed by atoms with E-state index in [1.807, 2.05) is 24.1 Å². The number of pyridine rings is 1. The number of carbonyl (C=O) groups is 1. The molecule has 14 heteroatoms. The van der Waals surface area contributed by atoms with E-state index in [9.17, 15) is 14.0 Å². The van der Waals surface area contributed by atoms with E-state index in [1.165, 1.54) is 10.1 Å². The van der Waals surface area contributed by atoms with Gasteiger partial charge in [-0.3, -0.25) is 18.9 Å². The maximum absolute atomic E-state index is 15.0. The van der Waals surface area contributed by atoms with Crippen molar-refractivity contribution in [1.82, 2.24) is 38.8 Å². The van der Waals surface area contributed by atoms with Gasteiger partial charge in [0.2, 0.25) is 0 Å². The summed E-state index contributed by atoms with van der Waals surface area (Å²) < 4.78 is 30.5. The molecule has 262 valence electrons. The number of imidazole rings is 1. The highest BCUT2D eigenvalue weighted by Crippen LogP contribution is 2.54. The minimum atomic E-state index is -0.694. The van der Waals surface area contributed by atoms with Crippen LogP contribution in [-0.2, 0) is 16.6 Å². The Morgan fingerprint density at radius 3 is 2.49 bits per heavy atom. The first-order valence-corrected chi connectivity index (χ1v) is 17.4. The van der Waals surface area contributed by atoms with Crippen LogP contribution < -0.4 is 11.4 Å². The number of fused-ring (bicyclic) bond motifs is 2. The Bertz CT molecular complexity index is 2450. The summed E-state index contributed by atoms with van der Waals surface area (Å²) in [4.78, 5) is 47.6. The Morgan fingerprint density at radius 1 is 1.06 bits per heavy atom. The van der Waals surface area contributed by atoms with Crippen molar-refractivity contribution in [3.8, 4) is 11.5 Å². The number of hydrogen-bond donors (Lipinski definition) is 2. The minimum Gasteiger partial charge on any atom is -0.381 e. The Hall–Kier alpha value is -5.50. The smallest absolute Gasteiger partial charge is 0.381 e. The van der Waals surface area contributed by atoms with Gasteiger partial charge in [0.1, 0.15) is 11.6 Å². The Balaban J connectivity index is 1.18. The van der Waals surface area contributed by atoms with Crippen LogP contribution in [-0.4, -0.2) is 64.4 Å². The van der Waals surface area contributed by atoms with Crippen LogP contribution in [0.15, 0.2) is 63.0 Å². The second kappa shape index (κ2) is 11.5. The minimum absolute atomic E-state index is 0.176. The molecule has 2 fully saturated rings. The van der Waals surface area contributed by atoms with Gasteiger partial charge in [-0.15, -0.1) is 0 Å². The van der Waals surface area contributed by atoms with Crippen molar-refractivity contribution in [2.24, 2.45) is 0 Å². The van der Waals surface area contributed by atoms with Crippen LogP contribution in [0.5, 0.6) is 0 Å². The second-order valence-corrected chi connectivity index (χ2v) is 14.1. The number of halogens is 1. The normalized spacial score (nSPS) is 18.7. The number of amides is 1. The van der Waals surface area contributed by atoms with E-state index in [4.69, 9.17) is 14.4 Å². The monoisotopic (exact) mass is 692 g/mol. The average molecular weight is 693 g/mol. The average Bonchev–Trinajstić information content (AvgIpc) is 3.47. The molecule has 0 bridgehead atoms. The zero-order valence-corrected chi connectivity index (χ0v) is 28.5. The number of rotatable bonds is 6. The molecule has 0 spiro atoms. The van der Waals surface area contributed by atoms with Crippen molar-refractivity contribution in [2.75, 3.05) is 19.8 Å². The van der Waals surface area contributed by atoms with E-state index in [0.717, 1.165) is 48.5 Å². The Morgan fingerprint density at radius 2 is 1.82 bits per heavy atom. The molecule has 13 nitrogen and oxygen atoms in total. The topological polar surface area (TPSA) is 148 Å². The quantitative estimate of drug-likeness (QED) is 0.256. The van der Waals surface area contributed by atoms with E-state index in [2.05, 4.69) is 31.7 Å². The summed E-state index contributed by atoms with van der Waals surface area (Å²) in [5.41, 5.74) is 5.36. The second-order valence-electron chi connectivity index (χ2n) is 14.1. The molecule has 9 rings (SSSR count). The number of nitrogens with zero attached hydrogens (tertiary/aromatic N) is 6. The zero-order chi connectivity index (χ0) is 35.2. The third kappa shape index (κ3) is 4.87. The maximum atomic E-state index is 15.0. The fraction of sp³-hybridized carbons (Fsp3) is 0.378. The highest BCUT2D eigenvalue weighted by Gasteiger charge is 2.54. The van der Waals surface area contributed by atoms with Crippen LogP contribution in [0.2, 0.25) is 0 Å². The Kier molecular flexibility index (Phi) is 7.11. The molecule has 2 aliphatic heterocycles. The SMILES string of the molecule is Cc1cc(-n2nc3c(c2-n2cc[nH]c2=O)[C@H](C)N(C(=O)c2cc4cc(C5CCOCC5)ccn4c2C2(c4noc(=O)[nH]4)CC2)CC3)cc(C)c1F. The molecule has 7 heterocycles. The first-order valence-electron chi connectivity index (χ1n) is 17.4. The number of carbonyl (C=O) groups excluding carboxylic acids is 1. The fourth-order valence-electron chi connectivity index (χ4n) is 8.31. The molecule has 3 aliphatic rings. The standard InChI is InChI=1S/C37H37FN8O5/c1-20-16-26(17-21(2)30(20)38)46-32(45-13-10-39-35(45)48)29-22(3)43(12-5-28(29)41-46)33(47)27-19-25-18-24(23-6-14-50-15-7-23)4-11-44(25)31(27)37(8-9-37)34-40-36(49)51-42-34/h4,10-11,13,16-19,22-23H,5-9,12,14-15H2,1-3H3,(H,39,48)(H,40,42,49)/t22-/m0/s1. The van der Waals surface area contributed by atoms with Gasteiger partial charge in [-0.2, -0.15) is 5.10 Å². The summed E-state index contributed by atoms with van der Waals surface area (Å²) in [6, 6.07) is 9.17. The lowest BCUT2D eigenvalue weighted by atomic mass is 9.92. The van der Waals surface area contributed by atoms with E-state index in [0.29, 0.717) is 65.7 Å². The molecular formula is C37H37FN8O5. The van der Waals surface area contributed by atoms with Gasteiger partial charge in [0, 0.05) is 61.5 Å². The molecule has 0 radical (unpaired) electrons. The molecule has 1 aliphatic carbocycles. The largest absolute Gasteiger partial charge is 0.438 e. The van der Waals surface area contributed by atoms with E-state index in [1.54, 1.807) is 43.1 Å². The molecule has 1 aromatic carbocycles. The molecule has 1 amide bonds. The predicted molar refractivity (Wildman–Crippen MR) is 183 cm³/mol. The summed E-state index contributed by atoms with van der Waals surface area (Å²) in [5, 5.41) is 9.06. The molecule has 1 saturated carbocycles. The molecule has 1 atom stereocenters. The van der Waals surface area contributed by atoms with E-state index in [-0.39, 0.29) is 17.4 Å². The van der Waals surface area contributed by atoms with Gasteiger partial charge < -0.3 is 19.0 Å². The number of nitrogens with one attached hydrogen (secondary N) is 2. The molecular weight excluding hydrogens is 655 g/mol. The van der Waals surface area contributed by atoms with Crippen LogP contribution in [0.25, 0.3) is 17.0 Å². The van der Waals surface area contributed by atoms with Gasteiger partial charge in [-0.1, -0.05) is 5.16 Å². The van der Waals surface area contributed by atoms with Gasteiger partial charge in [-0.05, 0) is 99.4 Å². The Labute approximate surface area is 290 Å². The number of aromatic amines is 2. The predicted octanol–water partition coefficient (Wildman–Crippen LogP) is 4.77. The number of benzene rings is 1. The van der Waals surface area contributed by atoms with Crippen LogP contribution >= 0.6 is 0 Å². The molecule has 6 aromatic rings. The van der Waals surface area contributed by atoms with Crippen molar-refractivity contribution in [3.05, 3.63) is 121 Å². The number of hydrogen-bond acceptors (Lipinski definition) is 7. The van der Waals surface area contributed by atoms with Crippen molar-refractivity contribution in [1.29, 1.82) is 0 Å². The van der Waals surface area contributed by atoms with Gasteiger partial charge in [0.25, 0.3) is 5.91 Å². The van der Waals surface area contributed by atoms with Crippen LogP contribution in [0.3, 0.4) is 0 Å². The summed E-state index contributed by atoms with van der Waals surface area (Å²) in [7, 11) is 0. The third-order valence-corrected chi connectivity index (χ3v) is 11.1. The summed E-state index contributed by atoms with van der Waals surface area (Å²) in [5.74, 6) is 0.160. The van der Waals surface area contributed by atoms with E-state index >= 15 is 4.79 Å². The van der Waals surface area contributed by atoms with Crippen molar-refractivity contribution in [3.63, 3.8) is 0 Å². The molecule has 5 aromatic heterocycles. The van der Waals surface area contributed by atoms with Gasteiger partial charge in [-0.25, -0.2) is 18.7 Å². The first-order chi connectivity index (χ1) is 24.6. The van der Waals surface area contributed by atoms with Crippen molar-refractivity contribution < 1.29 is 18.4 Å². The zero-order valence-electron chi connectivity index (χ0n) is 28.5. The lowest BCUT2D eigenvalue weighted by molar-refractivity contribution is 0.0675. The molecule has 0 unspecified atom stereocenters. The van der Waals surface area contributed by atoms with Gasteiger partial charge in [0.05, 0.1) is 28.4 Å². The van der Waals surface area contributed by atoms with Crippen molar-refractivity contribution >= 4 is 11.4 Å². The van der Waals surface area contributed by atoms with Gasteiger partial charge in [0.15, 0.2) is 5.82 Å². The van der Waals surface area contributed by atoms with Crippen molar-refractivity contribution in [2.45, 2.75) is 70.3 Å². The van der Waals surface area contributed by atoms with Crippen LogP contribution in [0.4, 0.5) is 4.39 Å². The number of aromatic nitrogens is 7. The highest BCUT2D eigenvalue weighted by atomic mass is 19.1. The molecule has 2 N–H and O–H groups in total. The highest BCUT2D eigenvalue weighted by molar-refractivity contribution is 5.98. The molecule has 1 saturated heterocycles. The number of aryl methyl sites for hydroxylation is 2. The lowest BCUT2D eigenvalue weighted by Gasteiger charge is -2.34. The lowest BCUT2D eigenvalue weighted by Crippen LogP contribution is -2.40. The summed E-state index contributed by atoms with van der Waals surface area (Å²) in [6.07, 6.45) is 8.91. The number of H-pyrrole nitrogens is 2. The maximum Gasteiger partial charge on any atom is 0.438 e. The first kappa shape index (κ1) is 31.5. The van der Waals surface area contributed by atoms with E-state index < -0.39 is 17.2 Å². The molecule has 51 heavy (non-hydrogen) atoms. The fourth-order valence-corrected chi connectivity index (χ4v) is 8.31. The number of ether oxygens (including phenoxy) is 1.